The van der Waals surface area contributed by atoms with Crippen molar-refractivity contribution in [2.45, 2.75) is 26.3 Å². The van der Waals surface area contributed by atoms with Crippen molar-refractivity contribution in [3.05, 3.63) is 65.7 Å². The van der Waals surface area contributed by atoms with E-state index in [-0.39, 0.29) is 29.6 Å². The summed E-state index contributed by atoms with van der Waals surface area (Å²) >= 11 is 0. The molecule has 3 N–H and O–H groups in total. The maximum atomic E-state index is 12.3. The quantitative estimate of drug-likeness (QED) is 0.620. The van der Waals surface area contributed by atoms with E-state index in [4.69, 9.17) is 4.74 Å². The summed E-state index contributed by atoms with van der Waals surface area (Å²) in [6.45, 7) is 2.86. The van der Waals surface area contributed by atoms with Crippen LogP contribution in [0.3, 0.4) is 0 Å². The zero-order chi connectivity index (χ0) is 21.2. The minimum absolute atomic E-state index is 0.105. The van der Waals surface area contributed by atoms with Gasteiger partial charge < -0.3 is 15.4 Å². The minimum atomic E-state index is -0.792. The van der Waals surface area contributed by atoms with Crippen LogP contribution in [0.4, 0.5) is 10.5 Å². The van der Waals surface area contributed by atoms with Crippen LogP contribution < -0.4 is 16.0 Å². The summed E-state index contributed by atoms with van der Waals surface area (Å²) in [6, 6.07) is 14.7. The molecule has 2 aromatic carbocycles. The van der Waals surface area contributed by atoms with Crippen LogP contribution in [0.15, 0.2) is 54.6 Å². The van der Waals surface area contributed by atoms with E-state index in [0.717, 1.165) is 5.56 Å². The zero-order valence-electron chi connectivity index (χ0n) is 16.2. The van der Waals surface area contributed by atoms with Gasteiger partial charge in [-0.2, -0.15) is 0 Å². The molecule has 0 fully saturated rings. The number of para-hydroxylation sites is 1. The van der Waals surface area contributed by atoms with Crippen molar-refractivity contribution in [3.8, 4) is 0 Å². The number of nitrogens with one attached hydrogen (secondary N) is 3. The van der Waals surface area contributed by atoms with Crippen LogP contribution in [0, 0.1) is 0 Å². The molecule has 0 unspecified atom stereocenters. The van der Waals surface area contributed by atoms with Gasteiger partial charge in [-0.3, -0.25) is 14.9 Å². The molecule has 0 aliphatic carbocycles. The predicted octanol–water partition coefficient (Wildman–Crippen LogP) is 2.26. The maximum Gasteiger partial charge on any atom is 0.340 e. The molecule has 152 valence electrons. The zero-order valence-corrected chi connectivity index (χ0v) is 16.2. The Labute approximate surface area is 168 Å². The molecule has 0 heterocycles. The van der Waals surface area contributed by atoms with Crippen molar-refractivity contribution in [3.63, 3.8) is 0 Å². The van der Waals surface area contributed by atoms with Crippen molar-refractivity contribution in [1.82, 2.24) is 10.6 Å². The normalized spacial score (nSPS) is 10.2. The topological polar surface area (TPSA) is 114 Å². The largest absolute Gasteiger partial charge is 0.452 e. The number of hydrogen-bond acceptors (Lipinski definition) is 5. The second-order valence-electron chi connectivity index (χ2n) is 6.51. The van der Waals surface area contributed by atoms with Gasteiger partial charge in [0.2, 0.25) is 5.91 Å². The Morgan fingerprint density at radius 2 is 1.55 bits per heavy atom. The third-order valence-electron chi connectivity index (χ3n) is 3.64. The second-order valence-corrected chi connectivity index (χ2v) is 6.51. The summed E-state index contributed by atoms with van der Waals surface area (Å²) in [6.07, 6.45) is 0.150. The molecule has 2 aromatic rings. The number of esters is 1. The monoisotopic (exact) mass is 397 g/mol. The van der Waals surface area contributed by atoms with Crippen LogP contribution in [0.2, 0.25) is 0 Å². The Kier molecular flexibility index (Phi) is 7.90. The number of rotatable bonds is 7. The molecule has 0 atom stereocenters. The molecule has 29 heavy (non-hydrogen) atoms. The van der Waals surface area contributed by atoms with E-state index in [1.165, 1.54) is 6.07 Å². The molecule has 0 saturated heterocycles. The average molecular weight is 397 g/mol. The first-order valence-electron chi connectivity index (χ1n) is 9.05. The molecule has 0 spiro atoms. The summed E-state index contributed by atoms with van der Waals surface area (Å²) < 4.78 is 4.95. The number of carbonyl (C=O) groups is 4. The molecular weight excluding hydrogens is 374 g/mol. The maximum absolute atomic E-state index is 12.3. The Hall–Kier alpha value is -3.68. The van der Waals surface area contributed by atoms with Crippen LogP contribution in [0.1, 0.15) is 29.8 Å². The highest BCUT2D eigenvalue weighted by Gasteiger charge is 2.17. The summed E-state index contributed by atoms with van der Waals surface area (Å²) in [4.78, 5) is 47.8. The van der Waals surface area contributed by atoms with Gasteiger partial charge in [0.1, 0.15) is 0 Å². The second kappa shape index (κ2) is 10.6. The number of carbonyl (C=O) groups excluding carboxylic acids is 4. The van der Waals surface area contributed by atoms with Crippen molar-refractivity contribution >= 4 is 29.5 Å². The average Bonchev–Trinajstić information content (AvgIpc) is 2.66. The number of amides is 4. The molecule has 0 saturated carbocycles. The fourth-order valence-electron chi connectivity index (χ4n) is 2.42. The number of benzene rings is 2. The molecule has 0 radical (unpaired) electrons. The number of urea groups is 1. The van der Waals surface area contributed by atoms with Gasteiger partial charge in [0.25, 0.3) is 5.91 Å². The van der Waals surface area contributed by atoms with Gasteiger partial charge in [-0.1, -0.05) is 42.5 Å². The Morgan fingerprint density at radius 3 is 2.24 bits per heavy atom. The Bertz CT molecular complexity index is 881. The van der Waals surface area contributed by atoms with Crippen molar-refractivity contribution in [1.29, 1.82) is 0 Å². The van der Waals surface area contributed by atoms with E-state index in [1.54, 1.807) is 32.0 Å². The summed E-state index contributed by atoms with van der Waals surface area (Å²) in [5.74, 6) is -1.85. The van der Waals surface area contributed by atoms with Crippen LogP contribution in [0.25, 0.3) is 0 Å². The minimum Gasteiger partial charge on any atom is -0.452 e. The van der Waals surface area contributed by atoms with Crippen LogP contribution in [-0.4, -0.2) is 36.5 Å². The van der Waals surface area contributed by atoms with Gasteiger partial charge in [-0.25, -0.2) is 9.59 Å². The van der Waals surface area contributed by atoms with Crippen molar-refractivity contribution < 1.29 is 23.9 Å². The summed E-state index contributed by atoms with van der Waals surface area (Å²) in [5.41, 5.74) is 1.21. The van der Waals surface area contributed by atoms with Crippen LogP contribution in [-0.2, 0) is 20.7 Å². The third-order valence-corrected chi connectivity index (χ3v) is 3.64. The first-order valence-corrected chi connectivity index (χ1v) is 9.05. The number of imide groups is 1. The number of ether oxygens (including phenoxy) is 1. The highest BCUT2D eigenvalue weighted by atomic mass is 16.5. The number of hydrogen-bond donors (Lipinski definition) is 3. The lowest BCUT2D eigenvalue weighted by Crippen LogP contribution is -2.44. The highest BCUT2D eigenvalue weighted by Crippen LogP contribution is 2.17. The molecule has 0 aliphatic heterocycles. The van der Waals surface area contributed by atoms with E-state index in [9.17, 15) is 19.2 Å². The van der Waals surface area contributed by atoms with E-state index < -0.39 is 24.5 Å². The summed E-state index contributed by atoms with van der Waals surface area (Å²) in [7, 11) is 0. The lowest BCUT2D eigenvalue weighted by Gasteiger charge is -2.12. The lowest BCUT2D eigenvalue weighted by atomic mass is 10.1. The van der Waals surface area contributed by atoms with E-state index in [0.29, 0.717) is 0 Å². The predicted molar refractivity (Wildman–Crippen MR) is 107 cm³/mol. The van der Waals surface area contributed by atoms with Gasteiger partial charge in [0, 0.05) is 6.04 Å². The molecular formula is C21H23N3O5. The molecule has 8 nitrogen and oxygen atoms in total. The summed E-state index contributed by atoms with van der Waals surface area (Å²) in [5, 5.41) is 7.22. The SMILES string of the molecule is CC(C)NC(=O)NC(=O)COC(=O)c1ccccc1NC(=O)Cc1ccccc1. The first kappa shape index (κ1) is 21.6. The molecule has 4 amide bonds. The van der Waals surface area contributed by atoms with E-state index in [2.05, 4.69) is 16.0 Å². The van der Waals surface area contributed by atoms with Gasteiger partial charge in [-0.05, 0) is 31.5 Å². The van der Waals surface area contributed by atoms with Crippen molar-refractivity contribution in [2.24, 2.45) is 0 Å². The van der Waals surface area contributed by atoms with E-state index >= 15 is 0 Å². The fraction of sp³-hybridized carbons (Fsp3) is 0.238. The molecule has 8 heteroatoms. The standard InChI is InChI=1S/C21H23N3O5/c1-14(2)22-21(28)24-19(26)13-29-20(27)16-10-6-7-11-17(16)23-18(25)12-15-8-4-3-5-9-15/h3-11,14H,12-13H2,1-2H3,(H,23,25)(H2,22,24,26,28). The molecule has 0 aromatic heterocycles. The first-order chi connectivity index (χ1) is 13.8. The van der Waals surface area contributed by atoms with Gasteiger partial charge in [-0.15, -0.1) is 0 Å². The molecule has 0 bridgehead atoms. The highest BCUT2D eigenvalue weighted by molar-refractivity contribution is 6.02. The molecule has 2 rings (SSSR count). The Balaban J connectivity index is 1.93. The van der Waals surface area contributed by atoms with Crippen LogP contribution in [0.5, 0.6) is 0 Å². The van der Waals surface area contributed by atoms with Crippen LogP contribution >= 0.6 is 0 Å². The third kappa shape index (κ3) is 7.45. The fourth-order valence-corrected chi connectivity index (χ4v) is 2.42. The van der Waals surface area contributed by atoms with E-state index in [1.807, 2.05) is 30.3 Å². The van der Waals surface area contributed by atoms with Gasteiger partial charge in [0.05, 0.1) is 17.7 Å². The smallest absolute Gasteiger partial charge is 0.340 e. The lowest BCUT2D eigenvalue weighted by molar-refractivity contribution is -0.123. The molecule has 0 aliphatic rings. The number of anilines is 1. The van der Waals surface area contributed by atoms with Gasteiger partial charge >= 0.3 is 12.0 Å². The Morgan fingerprint density at radius 1 is 0.897 bits per heavy atom. The van der Waals surface area contributed by atoms with Crippen molar-refractivity contribution in [2.75, 3.05) is 11.9 Å². The van der Waals surface area contributed by atoms with Gasteiger partial charge in [0.15, 0.2) is 6.61 Å².